The molecule has 0 atom stereocenters. The maximum absolute atomic E-state index is 2.52. The van der Waals surface area contributed by atoms with E-state index in [4.69, 9.17) is 0 Å². The van der Waals surface area contributed by atoms with Gasteiger partial charge in [-0.25, -0.2) is 0 Å². The molecule has 0 saturated heterocycles. The summed E-state index contributed by atoms with van der Waals surface area (Å²) in [5.41, 5.74) is 16.4. The van der Waals surface area contributed by atoms with Crippen LogP contribution < -0.4 is 4.90 Å². The first-order valence-corrected chi connectivity index (χ1v) is 25.5. The summed E-state index contributed by atoms with van der Waals surface area (Å²) in [7, 11) is 0. The first-order chi connectivity index (χ1) is 34.7. The van der Waals surface area contributed by atoms with Gasteiger partial charge in [0.1, 0.15) is 0 Å². The van der Waals surface area contributed by atoms with Crippen molar-refractivity contribution in [1.82, 2.24) is 4.57 Å². The molecule has 3 heterocycles. The highest BCUT2D eigenvalue weighted by atomic mass is 32.1. The van der Waals surface area contributed by atoms with Crippen LogP contribution in [0.2, 0.25) is 0 Å². The van der Waals surface area contributed by atoms with Crippen LogP contribution in [0.1, 0.15) is 0 Å². The van der Waals surface area contributed by atoms with Gasteiger partial charge in [-0.05, 0) is 94.5 Å². The van der Waals surface area contributed by atoms with E-state index in [-0.39, 0.29) is 0 Å². The average molecular weight is 927 g/mol. The zero-order valence-corrected chi connectivity index (χ0v) is 39.6. The standard InChI is InChI=1S/C66H42N2S2/c1-3-18-43(19-4-1)46-36-40-59(55(42-46)44-20-5-2-6-21-44)67(47-37-34-45(35-38-47)48-27-17-33-63-64(48)53-25-10-15-31-61(53)69-63)60-41-39-52(66-65(60)54-26-11-16-32-62(54)70-66)51-24-9-14-30-58(51)68-56-28-12-7-22-49(56)50-23-8-13-29-57(50)68/h1-42H. The molecule has 0 radical (unpaired) electrons. The van der Waals surface area contributed by atoms with Gasteiger partial charge in [-0.15, -0.1) is 22.7 Å². The Morgan fingerprint density at radius 1 is 0.300 bits per heavy atom. The lowest BCUT2D eigenvalue weighted by atomic mass is 9.94. The number of hydrogen-bond acceptors (Lipinski definition) is 3. The number of aromatic nitrogens is 1. The molecule has 70 heavy (non-hydrogen) atoms. The number of nitrogens with zero attached hydrogens (tertiary/aromatic N) is 2. The van der Waals surface area contributed by atoms with E-state index in [9.17, 15) is 0 Å². The fraction of sp³-hybridized carbons (Fsp3) is 0. The highest BCUT2D eigenvalue weighted by Crippen LogP contribution is 2.52. The summed E-state index contributed by atoms with van der Waals surface area (Å²) >= 11 is 3.75. The molecule has 328 valence electrons. The topological polar surface area (TPSA) is 8.17 Å². The number of para-hydroxylation sites is 3. The third kappa shape index (κ3) is 6.53. The fourth-order valence-electron chi connectivity index (χ4n) is 10.9. The molecule has 0 aliphatic heterocycles. The Morgan fingerprint density at radius 3 is 1.56 bits per heavy atom. The molecule has 14 aromatic rings. The molecule has 0 unspecified atom stereocenters. The number of hydrogen-bond donors (Lipinski definition) is 0. The number of rotatable bonds is 8. The second kappa shape index (κ2) is 16.6. The first kappa shape index (κ1) is 40.5. The van der Waals surface area contributed by atoms with Crippen molar-refractivity contribution in [3.63, 3.8) is 0 Å². The Bertz CT molecular complexity index is 4240. The van der Waals surface area contributed by atoms with E-state index in [0.29, 0.717) is 0 Å². The van der Waals surface area contributed by atoms with Gasteiger partial charge in [0.05, 0.1) is 28.1 Å². The van der Waals surface area contributed by atoms with Gasteiger partial charge >= 0.3 is 0 Å². The lowest BCUT2D eigenvalue weighted by Crippen LogP contribution is -2.12. The molecular weight excluding hydrogens is 885 g/mol. The van der Waals surface area contributed by atoms with Crippen molar-refractivity contribution in [3.05, 3.63) is 255 Å². The van der Waals surface area contributed by atoms with Crippen LogP contribution in [-0.4, -0.2) is 4.57 Å². The third-order valence-electron chi connectivity index (χ3n) is 14.0. The molecule has 2 nitrogen and oxygen atoms in total. The number of anilines is 3. The normalized spacial score (nSPS) is 11.7. The van der Waals surface area contributed by atoms with Crippen molar-refractivity contribution in [2.75, 3.05) is 4.90 Å². The van der Waals surface area contributed by atoms with Gasteiger partial charge in [-0.1, -0.05) is 188 Å². The predicted octanol–water partition coefficient (Wildman–Crippen LogP) is 19.7. The summed E-state index contributed by atoms with van der Waals surface area (Å²) in [5.74, 6) is 0. The Kier molecular flexibility index (Phi) is 9.61. The van der Waals surface area contributed by atoms with Gasteiger partial charge in [0.25, 0.3) is 0 Å². The van der Waals surface area contributed by atoms with Gasteiger partial charge < -0.3 is 9.47 Å². The van der Waals surface area contributed by atoms with E-state index in [1.165, 1.54) is 95.5 Å². The minimum Gasteiger partial charge on any atom is -0.309 e. The van der Waals surface area contributed by atoms with E-state index in [1.54, 1.807) is 0 Å². The Labute approximate surface area is 413 Å². The quantitative estimate of drug-likeness (QED) is 0.147. The molecule has 0 aliphatic carbocycles. The largest absolute Gasteiger partial charge is 0.309 e. The van der Waals surface area contributed by atoms with Crippen molar-refractivity contribution in [2.45, 2.75) is 0 Å². The second-order valence-corrected chi connectivity index (χ2v) is 20.1. The van der Waals surface area contributed by atoms with Crippen molar-refractivity contribution in [3.8, 4) is 50.2 Å². The van der Waals surface area contributed by atoms with Crippen LogP contribution in [0.15, 0.2) is 255 Å². The maximum atomic E-state index is 2.52. The third-order valence-corrected chi connectivity index (χ3v) is 16.4. The van der Waals surface area contributed by atoms with Crippen LogP contribution in [0.3, 0.4) is 0 Å². The van der Waals surface area contributed by atoms with E-state index in [2.05, 4.69) is 264 Å². The van der Waals surface area contributed by atoms with Crippen LogP contribution in [-0.2, 0) is 0 Å². The lowest BCUT2D eigenvalue weighted by Gasteiger charge is -2.30. The molecule has 0 bridgehead atoms. The summed E-state index contributed by atoms with van der Waals surface area (Å²) in [6.07, 6.45) is 0. The highest BCUT2D eigenvalue weighted by molar-refractivity contribution is 7.26. The van der Waals surface area contributed by atoms with Gasteiger partial charge in [0.2, 0.25) is 0 Å². The lowest BCUT2D eigenvalue weighted by molar-refractivity contribution is 1.18. The monoisotopic (exact) mass is 926 g/mol. The van der Waals surface area contributed by atoms with Gasteiger partial charge in [-0.3, -0.25) is 0 Å². The fourth-order valence-corrected chi connectivity index (χ4v) is 13.3. The smallest absolute Gasteiger partial charge is 0.0555 e. The molecule has 14 rings (SSSR count). The summed E-state index contributed by atoms with van der Waals surface area (Å²) in [6, 6.07) is 93.7. The molecular formula is C66H42N2S2. The van der Waals surface area contributed by atoms with Crippen LogP contribution >= 0.6 is 22.7 Å². The zero-order chi connectivity index (χ0) is 46.1. The van der Waals surface area contributed by atoms with Gasteiger partial charge in [0.15, 0.2) is 0 Å². The van der Waals surface area contributed by atoms with Crippen LogP contribution in [0.4, 0.5) is 17.1 Å². The SMILES string of the molecule is c1ccc(-c2ccc(N(c3ccc(-c4cccc5sc6ccccc6c45)cc3)c3ccc(-c4ccccc4-n4c5ccccc5c5ccccc54)c4sc5ccccc5c34)c(-c3ccccc3)c2)cc1. The second-order valence-electron chi connectivity index (χ2n) is 17.9. The summed E-state index contributed by atoms with van der Waals surface area (Å²) in [4.78, 5) is 2.52. The molecule has 4 heteroatoms. The van der Waals surface area contributed by atoms with E-state index in [0.717, 1.165) is 33.9 Å². The summed E-state index contributed by atoms with van der Waals surface area (Å²) < 4.78 is 7.59. The molecule has 11 aromatic carbocycles. The summed E-state index contributed by atoms with van der Waals surface area (Å²) in [6.45, 7) is 0. The Balaban J connectivity index is 1.03. The number of fused-ring (bicyclic) bond motifs is 9. The van der Waals surface area contributed by atoms with E-state index >= 15 is 0 Å². The predicted molar refractivity (Wildman–Crippen MR) is 303 cm³/mol. The molecule has 0 saturated carbocycles. The van der Waals surface area contributed by atoms with E-state index < -0.39 is 0 Å². The van der Waals surface area contributed by atoms with E-state index in [1.807, 2.05) is 22.7 Å². The molecule has 0 aliphatic rings. The summed E-state index contributed by atoms with van der Waals surface area (Å²) in [5, 5.41) is 7.61. The molecule has 3 aromatic heterocycles. The van der Waals surface area contributed by atoms with Crippen LogP contribution in [0, 0.1) is 0 Å². The van der Waals surface area contributed by atoms with Crippen molar-refractivity contribution in [2.24, 2.45) is 0 Å². The Hall–Kier alpha value is -8.54. The van der Waals surface area contributed by atoms with Gasteiger partial charge in [0, 0.05) is 73.5 Å². The van der Waals surface area contributed by atoms with Crippen LogP contribution in [0.5, 0.6) is 0 Å². The van der Waals surface area contributed by atoms with Gasteiger partial charge in [-0.2, -0.15) is 0 Å². The van der Waals surface area contributed by atoms with Crippen molar-refractivity contribution >= 4 is 102 Å². The van der Waals surface area contributed by atoms with Crippen molar-refractivity contribution in [1.29, 1.82) is 0 Å². The number of thiophene rings is 2. The highest BCUT2D eigenvalue weighted by Gasteiger charge is 2.25. The molecule has 0 amide bonds. The minimum atomic E-state index is 1.09. The average Bonchev–Trinajstić information content (AvgIpc) is 4.12. The van der Waals surface area contributed by atoms with Crippen LogP contribution in [0.25, 0.3) is 112 Å². The molecule has 0 N–H and O–H groups in total. The zero-order valence-electron chi connectivity index (χ0n) is 38.0. The minimum absolute atomic E-state index is 1.09. The Morgan fingerprint density at radius 2 is 0.829 bits per heavy atom. The number of benzene rings is 11. The first-order valence-electron chi connectivity index (χ1n) is 23.8. The molecule has 0 spiro atoms. The maximum Gasteiger partial charge on any atom is 0.0555 e. The molecule has 0 fully saturated rings. The van der Waals surface area contributed by atoms with Crippen molar-refractivity contribution < 1.29 is 0 Å².